The normalized spacial score (nSPS) is 16.4. The van der Waals surface area contributed by atoms with Gasteiger partial charge in [0.15, 0.2) is 5.76 Å². The number of carbonyl (C=O) groups excluding carboxylic acids is 3. The van der Waals surface area contributed by atoms with Crippen LogP contribution in [0.3, 0.4) is 0 Å². The van der Waals surface area contributed by atoms with E-state index >= 15 is 0 Å². The minimum Gasteiger partial charge on any atom is -0.459 e. The fourth-order valence-corrected chi connectivity index (χ4v) is 6.32. The van der Waals surface area contributed by atoms with Gasteiger partial charge in [0.1, 0.15) is 5.69 Å². The summed E-state index contributed by atoms with van der Waals surface area (Å²) in [6, 6.07) is 13.1. The molecule has 4 aromatic rings. The molecule has 5 heterocycles. The van der Waals surface area contributed by atoms with E-state index in [-0.39, 0.29) is 23.6 Å². The second-order valence-corrected chi connectivity index (χ2v) is 11.0. The minimum absolute atomic E-state index is 0.00203. The van der Waals surface area contributed by atoms with Crippen LogP contribution in [0.25, 0.3) is 5.69 Å². The first-order valence-corrected chi connectivity index (χ1v) is 14.3. The van der Waals surface area contributed by atoms with Gasteiger partial charge in [0.2, 0.25) is 0 Å². The summed E-state index contributed by atoms with van der Waals surface area (Å²) in [6.45, 7) is 5.02. The number of thiazole rings is 1. The summed E-state index contributed by atoms with van der Waals surface area (Å²) in [4.78, 5) is 49.0. The zero-order valence-corrected chi connectivity index (χ0v) is 23.0. The predicted octanol–water partition coefficient (Wildman–Crippen LogP) is 3.85. The summed E-state index contributed by atoms with van der Waals surface area (Å²) in [5.74, 6) is 0.266. The maximum atomic E-state index is 13.3. The third-order valence-electron chi connectivity index (χ3n) is 7.70. The van der Waals surface area contributed by atoms with Crippen molar-refractivity contribution in [1.29, 1.82) is 0 Å². The summed E-state index contributed by atoms with van der Waals surface area (Å²) in [5.41, 5.74) is 2.83. The molecule has 2 aliphatic heterocycles. The number of hydrogen-bond donors (Lipinski definition) is 0. The van der Waals surface area contributed by atoms with Crippen LogP contribution in [-0.4, -0.2) is 86.5 Å². The van der Waals surface area contributed by atoms with Gasteiger partial charge in [-0.3, -0.25) is 14.4 Å². The Hall–Kier alpha value is -4.25. The summed E-state index contributed by atoms with van der Waals surface area (Å²) >= 11 is 1.51. The first-order valence-electron chi connectivity index (χ1n) is 13.5. The summed E-state index contributed by atoms with van der Waals surface area (Å²) in [5, 5.41) is 7.22. The fraction of sp³-hybridized carbons (Fsp3) is 0.345. The Bertz CT molecular complexity index is 1500. The highest BCUT2D eigenvalue weighted by atomic mass is 32.1. The molecule has 0 bridgehead atoms. The molecule has 0 spiro atoms. The number of piperazine rings is 1. The lowest BCUT2D eigenvalue weighted by Gasteiger charge is -2.34. The molecule has 40 heavy (non-hydrogen) atoms. The number of carbonyl (C=O) groups is 3. The van der Waals surface area contributed by atoms with Gasteiger partial charge in [-0.2, -0.15) is 5.10 Å². The molecule has 0 unspecified atom stereocenters. The SMILES string of the molecule is Cc1c(C(=O)N2CCC(c3nc(C(=O)N4CCN(C(=O)c5ccco5)CC4)cs3)CC2)cnn1-c1ccccc1. The summed E-state index contributed by atoms with van der Waals surface area (Å²) in [7, 11) is 0. The zero-order valence-electron chi connectivity index (χ0n) is 22.2. The molecule has 2 fully saturated rings. The van der Waals surface area contributed by atoms with Crippen molar-refractivity contribution in [3.63, 3.8) is 0 Å². The summed E-state index contributed by atoms with van der Waals surface area (Å²) < 4.78 is 7.01. The molecule has 2 aliphatic rings. The lowest BCUT2D eigenvalue weighted by atomic mass is 9.97. The van der Waals surface area contributed by atoms with Gasteiger partial charge in [-0.05, 0) is 44.0 Å². The number of para-hydroxylation sites is 1. The zero-order chi connectivity index (χ0) is 27.6. The molecular weight excluding hydrogens is 528 g/mol. The van der Waals surface area contributed by atoms with Crippen LogP contribution in [0.15, 0.2) is 64.7 Å². The Morgan fingerprint density at radius 3 is 2.20 bits per heavy atom. The molecule has 0 saturated carbocycles. The van der Waals surface area contributed by atoms with Crippen LogP contribution >= 0.6 is 11.3 Å². The first kappa shape index (κ1) is 26.0. The van der Waals surface area contributed by atoms with Crippen LogP contribution in [0.1, 0.15) is 60.9 Å². The number of amides is 3. The lowest BCUT2D eigenvalue weighted by Crippen LogP contribution is -2.50. The molecule has 3 aromatic heterocycles. The Kier molecular flexibility index (Phi) is 7.21. The summed E-state index contributed by atoms with van der Waals surface area (Å²) in [6.07, 6.45) is 4.73. The average Bonchev–Trinajstić information content (AvgIpc) is 3.79. The molecule has 10 nitrogen and oxygen atoms in total. The quantitative estimate of drug-likeness (QED) is 0.369. The number of hydrogen-bond acceptors (Lipinski definition) is 7. The number of likely N-dealkylation sites (tertiary alicyclic amines) is 1. The van der Waals surface area contributed by atoms with Crippen LogP contribution in [0.4, 0.5) is 0 Å². The van der Waals surface area contributed by atoms with Crippen LogP contribution < -0.4 is 0 Å². The van der Waals surface area contributed by atoms with E-state index < -0.39 is 0 Å². The Balaban J connectivity index is 1.03. The Morgan fingerprint density at radius 2 is 1.52 bits per heavy atom. The van der Waals surface area contributed by atoms with E-state index in [1.165, 1.54) is 17.6 Å². The van der Waals surface area contributed by atoms with Crippen molar-refractivity contribution >= 4 is 29.1 Å². The van der Waals surface area contributed by atoms with Crippen molar-refractivity contribution in [1.82, 2.24) is 29.5 Å². The molecule has 206 valence electrons. The van der Waals surface area contributed by atoms with Crippen molar-refractivity contribution < 1.29 is 18.8 Å². The number of rotatable bonds is 5. The largest absolute Gasteiger partial charge is 0.459 e. The van der Waals surface area contributed by atoms with E-state index in [0.717, 1.165) is 29.2 Å². The standard InChI is InChI=1S/C29H30N6O4S/c1-20-23(18-30-35(20)22-6-3-2-4-7-22)27(36)32-11-9-21(10-12-32)26-31-24(19-40-26)28(37)33-13-15-34(16-14-33)29(38)25-8-5-17-39-25/h2-8,17-19,21H,9-16H2,1H3. The molecule has 0 radical (unpaired) electrons. The van der Waals surface area contributed by atoms with Gasteiger partial charge in [-0.25, -0.2) is 9.67 Å². The number of benzene rings is 1. The first-order chi connectivity index (χ1) is 19.5. The van der Waals surface area contributed by atoms with Gasteiger partial charge in [-0.1, -0.05) is 18.2 Å². The molecule has 1 aromatic carbocycles. The molecule has 11 heteroatoms. The van der Waals surface area contributed by atoms with Crippen molar-refractivity contribution in [3.8, 4) is 5.69 Å². The van der Waals surface area contributed by atoms with Crippen molar-refractivity contribution in [2.45, 2.75) is 25.7 Å². The predicted molar refractivity (Wildman–Crippen MR) is 149 cm³/mol. The van der Waals surface area contributed by atoms with E-state index in [1.807, 2.05) is 47.5 Å². The molecule has 0 atom stereocenters. The Labute approximate surface area is 235 Å². The topological polar surface area (TPSA) is 105 Å². The van der Waals surface area contributed by atoms with Crippen LogP contribution in [0, 0.1) is 6.92 Å². The highest BCUT2D eigenvalue weighted by Gasteiger charge is 2.31. The average molecular weight is 559 g/mol. The maximum absolute atomic E-state index is 13.3. The van der Waals surface area contributed by atoms with E-state index in [0.29, 0.717) is 56.3 Å². The number of aromatic nitrogens is 3. The number of furan rings is 1. The van der Waals surface area contributed by atoms with Crippen LogP contribution in [-0.2, 0) is 0 Å². The molecular formula is C29H30N6O4S. The van der Waals surface area contributed by atoms with E-state index in [4.69, 9.17) is 9.40 Å². The van der Waals surface area contributed by atoms with Crippen LogP contribution in [0.2, 0.25) is 0 Å². The van der Waals surface area contributed by atoms with Gasteiger partial charge < -0.3 is 19.1 Å². The molecule has 2 saturated heterocycles. The number of nitrogens with zero attached hydrogens (tertiary/aromatic N) is 6. The number of piperidine rings is 1. The third-order valence-corrected chi connectivity index (χ3v) is 8.71. The fourth-order valence-electron chi connectivity index (χ4n) is 5.35. The minimum atomic E-state index is -0.155. The van der Waals surface area contributed by atoms with Gasteiger partial charge in [-0.15, -0.1) is 11.3 Å². The molecule has 6 rings (SSSR count). The second-order valence-electron chi connectivity index (χ2n) is 10.1. The van der Waals surface area contributed by atoms with E-state index in [2.05, 4.69) is 5.10 Å². The molecule has 3 amide bonds. The lowest BCUT2D eigenvalue weighted by molar-refractivity contribution is 0.0515. The monoisotopic (exact) mass is 558 g/mol. The third kappa shape index (κ3) is 5.04. The molecule has 0 N–H and O–H groups in total. The van der Waals surface area contributed by atoms with Gasteiger partial charge in [0.25, 0.3) is 17.7 Å². The maximum Gasteiger partial charge on any atom is 0.289 e. The van der Waals surface area contributed by atoms with Crippen molar-refractivity contribution in [2.75, 3.05) is 39.3 Å². The molecule has 0 aliphatic carbocycles. The van der Waals surface area contributed by atoms with E-state index in [9.17, 15) is 14.4 Å². The smallest absolute Gasteiger partial charge is 0.289 e. The highest BCUT2D eigenvalue weighted by molar-refractivity contribution is 7.09. The van der Waals surface area contributed by atoms with E-state index in [1.54, 1.807) is 32.8 Å². The Morgan fingerprint density at radius 1 is 0.850 bits per heavy atom. The van der Waals surface area contributed by atoms with Crippen molar-refractivity contribution in [2.24, 2.45) is 0 Å². The van der Waals surface area contributed by atoms with Gasteiger partial charge in [0, 0.05) is 50.6 Å². The van der Waals surface area contributed by atoms with Crippen LogP contribution in [0.5, 0.6) is 0 Å². The van der Waals surface area contributed by atoms with Gasteiger partial charge in [0.05, 0.1) is 34.4 Å². The second kappa shape index (κ2) is 11.1. The van der Waals surface area contributed by atoms with Crippen molar-refractivity contribution in [3.05, 3.63) is 88.0 Å². The highest BCUT2D eigenvalue weighted by Crippen LogP contribution is 2.31. The van der Waals surface area contributed by atoms with Gasteiger partial charge >= 0.3 is 0 Å².